The molecule has 0 spiro atoms. The van der Waals surface area contributed by atoms with Crippen molar-refractivity contribution in [1.82, 2.24) is 15.6 Å². The number of rotatable bonds is 8. The Balaban J connectivity index is 0.00000320. The summed E-state index contributed by atoms with van der Waals surface area (Å²) in [6.07, 6.45) is 3.22. The summed E-state index contributed by atoms with van der Waals surface area (Å²) in [5, 5.41) is 8.98. The third-order valence-electron chi connectivity index (χ3n) is 4.89. The summed E-state index contributed by atoms with van der Waals surface area (Å²) in [5.41, 5.74) is 1.16. The van der Waals surface area contributed by atoms with Crippen LogP contribution in [0.5, 0.6) is 0 Å². The van der Waals surface area contributed by atoms with E-state index in [1.165, 1.54) is 4.88 Å². The minimum Gasteiger partial charge on any atom is -0.375 e. The van der Waals surface area contributed by atoms with E-state index in [1.54, 1.807) is 0 Å². The molecule has 0 aliphatic carbocycles. The lowest BCUT2D eigenvalue weighted by atomic mass is 10.1. The van der Waals surface area contributed by atoms with Gasteiger partial charge >= 0.3 is 0 Å². The molecule has 2 atom stereocenters. The van der Waals surface area contributed by atoms with Gasteiger partial charge in [-0.15, -0.1) is 35.3 Å². The number of guanidine groups is 1. The molecule has 2 aromatic heterocycles. The summed E-state index contributed by atoms with van der Waals surface area (Å²) >= 11 is 1.83. The molecule has 0 amide bonds. The second-order valence-corrected chi connectivity index (χ2v) is 8.65. The number of thiophene rings is 1. The van der Waals surface area contributed by atoms with Gasteiger partial charge in [-0.05, 0) is 55.3 Å². The second-order valence-electron chi connectivity index (χ2n) is 7.61. The Morgan fingerprint density at radius 1 is 1.40 bits per heavy atom. The highest BCUT2D eigenvalue weighted by Gasteiger charge is 2.18. The molecular formula is C22H34IN5OS. The largest absolute Gasteiger partial charge is 0.375 e. The van der Waals surface area contributed by atoms with Crippen LogP contribution in [0.1, 0.15) is 31.2 Å². The van der Waals surface area contributed by atoms with Gasteiger partial charge in [0.25, 0.3) is 0 Å². The number of morpholine rings is 1. The lowest BCUT2D eigenvalue weighted by Gasteiger charge is -2.32. The zero-order valence-corrected chi connectivity index (χ0v) is 21.3. The fraction of sp³-hybridized carbons (Fsp3) is 0.545. The van der Waals surface area contributed by atoms with Gasteiger partial charge in [0, 0.05) is 37.3 Å². The number of nitrogens with zero attached hydrogens (tertiary/aromatic N) is 3. The molecule has 1 aliphatic rings. The Morgan fingerprint density at radius 2 is 2.27 bits per heavy atom. The van der Waals surface area contributed by atoms with Crippen molar-refractivity contribution in [2.45, 2.75) is 39.8 Å². The van der Waals surface area contributed by atoms with Crippen LogP contribution in [-0.2, 0) is 17.7 Å². The van der Waals surface area contributed by atoms with Crippen LogP contribution in [0.2, 0.25) is 0 Å². The first-order valence-electron chi connectivity index (χ1n) is 10.5. The first-order chi connectivity index (χ1) is 14.1. The van der Waals surface area contributed by atoms with E-state index >= 15 is 0 Å². The van der Waals surface area contributed by atoms with Crippen LogP contribution in [0.25, 0.3) is 0 Å². The van der Waals surface area contributed by atoms with Crippen molar-refractivity contribution < 1.29 is 4.74 Å². The van der Waals surface area contributed by atoms with E-state index < -0.39 is 0 Å². The fourth-order valence-corrected chi connectivity index (χ4v) is 4.26. The van der Waals surface area contributed by atoms with Crippen LogP contribution in [0.3, 0.4) is 0 Å². The van der Waals surface area contributed by atoms with Crippen LogP contribution in [-0.4, -0.2) is 49.8 Å². The lowest BCUT2D eigenvalue weighted by molar-refractivity contribution is 0.0529. The van der Waals surface area contributed by atoms with Crippen molar-refractivity contribution in [2.24, 2.45) is 10.9 Å². The number of anilines is 1. The van der Waals surface area contributed by atoms with Gasteiger partial charge in [0.1, 0.15) is 5.82 Å². The summed E-state index contributed by atoms with van der Waals surface area (Å²) in [6.45, 7) is 11.4. The quantitative estimate of drug-likeness (QED) is 0.300. The minimum absolute atomic E-state index is 0. The van der Waals surface area contributed by atoms with Crippen molar-refractivity contribution in [1.29, 1.82) is 0 Å². The van der Waals surface area contributed by atoms with Crippen molar-refractivity contribution in [3.63, 3.8) is 0 Å². The van der Waals surface area contributed by atoms with Gasteiger partial charge < -0.3 is 20.3 Å². The standard InChI is InChI=1S/C22H33N5OS.HI/c1-4-23-22(25-14-17(2)12-20-6-5-11-29-20)26-15-19-7-8-24-21(13-19)27-9-10-28-18(3)16-27;/h5-8,11,13,17-18H,4,9-10,12,14-16H2,1-3H3,(H2,23,25,26);1H. The molecular weight excluding hydrogens is 509 g/mol. The van der Waals surface area contributed by atoms with Gasteiger partial charge in [-0.2, -0.15) is 0 Å². The molecule has 3 heterocycles. The van der Waals surface area contributed by atoms with Gasteiger partial charge in [-0.25, -0.2) is 9.98 Å². The molecule has 0 radical (unpaired) electrons. The van der Waals surface area contributed by atoms with E-state index in [0.717, 1.165) is 56.5 Å². The minimum atomic E-state index is 0. The van der Waals surface area contributed by atoms with Crippen LogP contribution < -0.4 is 15.5 Å². The SMILES string of the molecule is CCNC(=NCc1ccnc(N2CCOC(C)C2)c1)NCC(C)Cc1cccs1.I. The highest BCUT2D eigenvalue weighted by atomic mass is 127. The molecule has 6 nitrogen and oxygen atoms in total. The van der Waals surface area contributed by atoms with E-state index in [9.17, 15) is 0 Å². The first-order valence-corrected chi connectivity index (χ1v) is 11.4. The maximum Gasteiger partial charge on any atom is 0.191 e. The number of aromatic nitrogens is 1. The summed E-state index contributed by atoms with van der Waals surface area (Å²) in [7, 11) is 0. The summed E-state index contributed by atoms with van der Waals surface area (Å²) in [5.74, 6) is 2.42. The Bertz CT molecular complexity index is 771. The predicted molar refractivity (Wildman–Crippen MR) is 137 cm³/mol. The van der Waals surface area contributed by atoms with Crippen molar-refractivity contribution in [3.05, 3.63) is 46.3 Å². The van der Waals surface area contributed by atoms with Crippen LogP contribution >= 0.6 is 35.3 Å². The average Bonchev–Trinajstić information content (AvgIpc) is 3.23. The molecule has 0 saturated carbocycles. The van der Waals surface area contributed by atoms with E-state index in [0.29, 0.717) is 12.5 Å². The molecule has 30 heavy (non-hydrogen) atoms. The summed E-state index contributed by atoms with van der Waals surface area (Å²) in [4.78, 5) is 13.0. The van der Waals surface area contributed by atoms with E-state index in [2.05, 4.69) is 64.9 Å². The molecule has 1 saturated heterocycles. The highest BCUT2D eigenvalue weighted by molar-refractivity contribution is 14.0. The summed E-state index contributed by atoms with van der Waals surface area (Å²) in [6, 6.07) is 8.51. The predicted octanol–water partition coefficient (Wildman–Crippen LogP) is 3.92. The first kappa shape index (κ1) is 24.9. The Hall–Kier alpha value is -1.39. The highest BCUT2D eigenvalue weighted by Crippen LogP contribution is 2.17. The van der Waals surface area contributed by atoms with Crippen LogP contribution in [0, 0.1) is 5.92 Å². The smallest absolute Gasteiger partial charge is 0.191 e. The van der Waals surface area contributed by atoms with Crippen LogP contribution in [0.4, 0.5) is 5.82 Å². The summed E-state index contributed by atoms with van der Waals surface area (Å²) < 4.78 is 5.64. The number of halogens is 1. The molecule has 8 heteroatoms. The zero-order valence-electron chi connectivity index (χ0n) is 18.1. The third kappa shape index (κ3) is 8.03. The van der Waals surface area contributed by atoms with E-state index in [4.69, 9.17) is 9.73 Å². The fourth-order valence-electron chi connectivity index (χ4n) is 3.39. The monoisotopic (exact) mass is 543 g/mol. The zero-order chi connectivity index (χ0) is 20.5. The second kappa shape index (κ2) is 13.1. The van der Waals surface area contributed by atoms with Gasteiger partial charge in [-0.3, -0.25) is 0 Å². The molecule has 2 N–H and O–H groups in total. The Labute approximate surface area is 201 Å². The molecule has 1 fully saturated rings. The number of pyridine rings is 1. The van der Waals surface area contributed by atoms with Crippen molar-refractivity contribution in [3.8, 4) is 0 Å². The number of nitrogens with one attached hydrogen (secondary N) is 2. The molecule has 0 aromatic carbocycles. The van der Waals surface area contributed by atoms with Gasteiger partial charge in [0.2, 0.25) is 0 Å². The van der Waals surface area contributed by atoms with Gasteiger partial charge in [0.15, 0.2) is 5.96 Å². The molecule has 2 aromatic rings. The average molecular weight is 544 g/mol. The Kier molecular flexibility index (Phi) is 10.9. The van der Waals surface area contributed by atoms with Gasteiger partial charge in [0.05, 0.1) is 19.3 Å². The topological polar surface area (TPSA) is 61.8 Å². The van der Waals surface area contributed by atoms with Crippen molar-refractivity contribution >= 4 is 47.1 Å². The lowest BCUT2D eigenvalue weighted by Crippen LogP contribution is -2.41. The third-order valence-corrected chi connectivity index (χ3v) is 5.79. The number of hydrogen-bond donors (Lipinski definition) is 2. The van der Waals surface area contributed by atoms with E-state index in [-0.39, 0.29) is 30.1 Å². The van der Waals surface area contributed by atoms with Crippen LogP contribution in [0.15, 0.2) is 40.8 Å². The van der Waals surface area contributed by atoms with E-state index in [1.807, 2.05) is 23.6 Å². The maximum absolute atomic E-state index is 5.64. The maximum atomic E-state index is 5.64. The molecule has 1 aliphatic heterocycles. The van der Waals surface area contributed by atoms with Gasteiger partial charge in [-0.1, -0.05) is 13.0 Å². The molecule has 0 bridgehead atoms. The number of aliphatic imine (C=N–C) groups is 1. The Morgan fingerprint density at radius 3 is 3.00 bits per heavy atom. The normalized spacial score (nSPS) is 17.9. The molecule has 2 unspecified atom stereocenters. The molecule has 3 rings (SSSR count). The molecule has 166 valence electrons. The number of hydrogen-bond acceptors (Lipinski definition) is 5. The van der Waals surface area contributed by atoms with Crippen molar-refractivity contribution in [2.75, 3.05) is 37.7 Å². The number of ether oxygens (including phenoxy) is 1.